The van der Waals surface area contributed by atoms with Gasteiger partial charge in [-0.2, -0.15) is 0 Å². The van der Waals surface area contributed by atoms with Crippen LogP contribution in [0.15, 0.2) is 24.0 Å². The maximum atomic E-state index is 13.4. The summed E-state index contributed by atoms with van der Waals surface area (Å²) in [4.78, 5) is 17.4. The van der Waals surface area contributed by atoms with Crippen LogP contribution in [0.5, 0.6) is 0 Å². The number of aromatic nitrogens is 1. The number of cyclic esters (lactones) is 1. The molecule has 0 radical (unpaired) electrons. The van der Waals surface area contributed by atoms with E-state index in [9.17, 15) is 9.18 Å². The molecule has 19 heavy (non-hydrogen) atoms. The molecule has 0 saturated heterocycles. The van der Waals surface area contributed by atoms with Gasteiger partial charge in [0.2, 0.25) is 0 Å². The average molecular weight is 283 g/mol. The van der Waals surface area contributed by atoms with E-state index < -0.39 is 5.82 Å². The van der Waals surface area contributed by atoms with E-state index in [1.165, 1.54) is 12.3 Å². The number of halogens is 2. The lowest BCUT2D eigenvalue weighted by molar-refractivity contribution is -0.137. The van der Waals surface area contributed by atoms with Crippen molar-refractivity contribution in [1.29, 1.82) is 0 Å². The zero-order valence-electron chi connectivity index (χ0n) is 10.1. The number of carbonyl (C=O) groups excluding carboxylic acids is 1. The van der Waals surface area contributed by atoms with Crippen molar-refractivity contribution in [2.45, 2.75) is 25.4 Å². The van der Waals surface area contributed by atoms with Gasteiger partial charge >= 0.3 is 5.97 Å². The molecule has 3 rings (SSSR count). The molecular weight excluding hydrogens is 271 g/mol. The first kappa shape index (κ1) is 12.4. The van der Waals surface area contributed by atoms with Crippen LogP contribution in [-0.2, 0) is 16.1 Å². The molecule has 1 saturated carbocycles. The van der Waals surface area contributed by atoms with Crippen LogP contribution < -0.4 is 0 Å². The molecule has 1 aromatic rings. The highest BCUT2D eigenvalue weighted by Crippen LogP contribution is 2.33. The molecule has 0 bridgehead atoms. The van der Waals surface area contributed by atoms with Gasteiger partial charge < -0.3 is 9.64 Å². The molecule has 1 aliphatic carbocycles. The van der Waals surface area contributed by atoms with Crippen molar-refractivity contribution in [3.05, 3.63) is 40.6 Å². The van der Waals surface area contributed by atoms with Gasteiger partial charge in [-0.25, -0.2) is 14.2 Å². The molecule has 2 aliphatic rings. The molecule has 4 nitrogen and oxygen atoms in total. The number of rotatable bonds is 4. The van der Waals surface area contributed by atoms with Gasteiger partial charge in [-0.3, -0.25) is 0 Å². The first-order chi connectivity index (χ1) is 9.15. The monoisotopic (exact) mass is 282 g/mol. The van der Waals surface area contributed by atoms with Crippen molar-refractivity contribution < 1.29 is 13.9 Å². The quantitative estimate of drug-likeness (QED) is 0.628. The van der Waals surface area contributed by atoms with Crippen LogP contribution >= 0.6 is 11.6 Å². The third kappa shape index (κ3) is 2.56. The van der Waals surface area contributed by atoms with E-state index in [1.807, 2.05) is 4.90 Å². The third-order valence-corrected chi connectivity index (χ3v) is 3.48. The summed E-state index contributed by atoms with van der Waals surface area (Å²) in [6.45, 7) is 0.747. The minimum absolute atomic E-state index is 0.138. The summed E-state index contributed by atoms with van der Waals surface area (Å²) in [5.74, 6) is -0.854. The van der Waals surface area contributed by atoms with E-state index in [0.29, 0.717) is 30.5 Å². The summed E-state index contributed by atoms with van der Waals surface area (Å²) in [6, 6.07) is 1.68. The van der Waals surface area contributed by atoms with Gasteiger partial charge in [-0.15, -0.1) is 0 Å². The number of carbonyl (C=O) groups is 1. The number of hydrogen-bond donors (Lipinski definition) is 0. The molecule has 0 amide bonds. The largest absolute Gasteiger partial charge is 0.457 e. The number of hydrogen-bond acceptors (Lipinski definition) is 4. The lowest BCUT2D eigenvalue weighted by Crippen LogP contribution is -2.28. The van der Waals surface area contributed by atoms with Crippen LogP contribution in [0.2, 0.25) is 5.15 Å². The minimum Gasteiger partial charge on any atom is -0.457 e. The number of esters is 1. The fraction of sp³-hybridized carbons (Fsp3) is 0.385. The second kappa shape index (κ2) is 4.81. The number of ether oxygens (including phenoxy) is 1. The zero-order chi connectivity index (χ0) is 13.4. The van der Waals surface area contributed by atoms with E-state index in [1.54, 1.807) is 6.08 Å². The van der Waals surface area contributed by atoms with Crippen LogP contribution in [-0.4, -0.2) is 28.5 Å². The van der Waals surface area contributed by atoms with E-state index in [4.69, 9.17) is 16.3 Å². The highest BCUT2D eigenvalue weighted by molar-refractivity contribution is 6.29. The van der Waals surface area contributed by atoms with Crippen LogP contribution in [0, 0.1) is 5.82 Å². The Kier molecular flexibility index (Phi) is 3.14. The first-order valence-electron chi connectivity index (χ1n) is 6.09. The van der Waals surface area contributed by atoms with Crippen molar-refractivity contribution in [3.63, 3.8) is 0 Å². The smallest absolute Gasteiger partial charge is 0.354 e. The zero-order valence-corrected chi connectivity index (χ0v) is 10.9. The van der Waals surface area contributed by atoms with Crippen molar-refractivity contribution in [1.82, 2.24) is 9.88 Å². The van der Waals surface area contributed by atoms with E-state index in [0.717, 1.165) is 12.8 Å². The maximum absolute atomic E-state index is 13.4. The van der Waals surface area contributed by atoms with Crippen LogP contribution in [0.25, 0.3) is 0 Å². The third-order valence-electron chi connectivity index (χ3n) is 3.20. The van der Waals surface area contributed by atoms with Gasteiger partial charge in [0.05, 0.1) is 0 Å². The van der Waals surface area contributed by atoms with Gasteiger partial charge in [-0.1, -0.05) is 11.6 Å². The molecule has 1 aliphatic heterocycles. The van der Waals surface area contributed by atoms with Gasteiger partial charge in [0.25, 0.3) is 0 Å². The average Bonchev–Trinajstić information content (AvgIpc) is 3.14. The normalized spacial score (nSPS) is 18.2. The highest BCUT2D eigenvalue weighted by Gasteiger charge is 2.35. The van der Waals surface area contributed by atoms with Gasteiger partial charge in [0.1, 0.15) is 12.3 Å². The molecule has 6 heteroatoms. The minimum atomic E-state index is -0.544. The molecule has 0 spiro atoms. The Morgan fingerprint density at radius 3 is 2.89 bits per heavy atom. The van der Waals surface area contributed by atoms with E-state index >= 15 is 0 Å². The highest BCUT2D eigenvalue weighted by atomic mass is 35.5. The molecule has 1 fully saturated rings. The Morgan fingerprint density at radius 1 is 1.53 bits per heavy atom. The standard InChI is InChI=1S/C13H12ClFN2O2/c14-12-10(15)5-8(6-16-12)7-17(9-1-2-9)11-3-4-19-13(11)18/h3,5-6,9H,1-2,4,7H2. The second-order valence-corrected chi connectivity index (χ2v) is 5.02. The van der Waals surface area contributed by atoms with Crippen molar-refractivity contribution in [2.24, 2.45) is 0 Å². The Hall–Kier alpha value is -1.62. The molecule has 1 aromatic heterocycles. The predicted molar refractivity (Wildman–Crippen MR) is 66.8 cm³/mol. The fourth-order valence-corrected chi connectivity index (χ4v) is 2.23. The molecule has 0 N–H and O–H groups in total. The first-order valence-corrected chi connectivity index (χ1v) is 6.47. The number of nitrogens with zero attached hydrogens (tertiary/aromatic N) is 2. The summed E-state index contributed by atoms with van der Waals surface area (Å²) in [6.07, 6.45) is 5.37. The fourth-order valence-electron chi connectivity index (χ4n) is 2.13. The van der Waals surface area contributed by atoms with E-state index in [-0.39, 0.29) is 11.1 Å². The second-order valence-electron chi connectivity index (χ2n) is 4.66. The molecule has 2 heterocycles. The number of pyridine rings is 1. The SMILES string of the molecule is O=C1OCC=C1N(Cc1cnc(Cl)c(F)c1)C1CC1. The molecule has 100 valence electrons. The van der Waals surface area contributed by atoms with Crippen molar-refractivity contribution in [3.8, 4) is 0 Å². The van der Waals surface area contributed by atoms with Crippen LogP contribution in [0.1, 0.15) is 18.4 Å². The van der Waals surface area contributed by atoms with Crippen LogP contribution in [0.3, 0.4) is 0 Å². The Morgan fingerprint density at radius 2 is 2.32 bits per heavy atom. The summed E-state index contributed by atoms with van der Waals surface area (Å²) in [5.41, 5.74) is 1.26. The Balaban J connectivity index is 1.81. The van der Waals surface area contributed by atoms with Crippen LogP contribution in [0.4, 0.5) is 4.39 Å². The summed E-state index contributed by atoms with van der Waals surface area (Å²) in [5, 5.41) is -0.138. The van der Waals surface area contributed by atoms with Crippen molar-refractivity contribution in [2.75, 3.05) is 6.61 Å². The molecular formula is C13H12ClFN2O2. The van der Waals surface area contributed by atoms with Gasteiger partial charge in [-0.05, 0) is 30.5 Å². The summed E-state index contributed by atoms with van der Waals surface area (Å²) >= 11 is 5.56. The summed E-state index contributed by atoms with van der Waals surface area (Å²) < 4.78 is 18.3. The lowest BCUT2D eigenvalue weighted by Gasteiger charge is -2.23. The van der Waals surface area contributed by atoms with Gasteiger partial charge in [0, 0.05) is 18.8 Å². The topological polar surface area (TPSA) is 42.4 Å². The Labute approximate surface area is 114 Å². The maximum Gasteiger partial charge on any atom is 0.354 e. The molecule has 0 atom stereocenters. The molecule has 0 aromatic carbocycles. The lowest BCUT2D eigenvalue weighted by atomic mass is 10.2. The predicted octanol–water partition coefficient (Wildman–Crippen LogP) is 2.28. The van der Waals surface area contributed by atoms with Gasteiger partial charge in [0.15, 0.2) is 11.0 Å². The molecule has 0 unspecified atom stereocenters. The van der Waals surface area contributed by atoms with Crippen molar-refractivity contribution >= 4 is 17.6 Å². The Bertz CT molecular complexity index is 558. The summed E-state index contributed by atoms with van der Waals surface area (Å²) in [7, 11) is 0. The van der Waals surface area contributed by atoms with E-state index in [2.05, 4.69) is 4.98 Å².